The zero-order valence-electron chi connectivity index (χ0n) is 10.7. The molecule has 1 aromatic carbocycles. The SMILES string of the molecule is COCO/C=C(/NC(C)=O)c1ccccc1OC. The molecule has 0 heterocycles. The van der Waals surface area contributed by atoms with E-state index in [0.29, 0.717) is 11.4 Å². The van der Waals surface area contributed by atoms with E-state index in [1.165, 1.54) is 20.3 Å². The van der Waals surface area contributed by atoms with Crippen LogP contribution in [0.3, 0.4) is 0 Å². The summed E-state index contributed by atoms with van der Waals surface area (Å²) in [5.74, 6) is 0.465. The molecule has 98 valence electrons. The van der Waals surface area contributed by atoms with E-state index in [2.05, 4.69) is 5.32 Å². The number of carbonyl (C=O) groups is 1. The Bertz CT molecular complexity index is 429. The second-order valence-electron chi connectivity index (χ2n) is 3.49. The topological polar surface area (TPSA) is 56.8 Å². The average Bonchev–Trinajstić information content (AvgIpc) is 2.37. The van der Waals surface area contributed by atoms with Crippen molar-refractivity contribution < 1.29 is 19.0 Å². The maximum atomic E-state index is 11.2. The van der Waals surface area contributed by atoms with Crippen LogP contribution in [0.4, 0.5) is 0 Å². The van der Waals surface area contributed by atoms with Crippen LogP contribution in [0.1, 0.15) is 12.5 Å². The van der Waals surface area contributed by atoms with Crippen LogP contribution in [-0.2, 0) is 14.3 Å². The fourth-order valence-electron chi connectivity index (χ4n) is 1.40. The fourth-order valence-corrected chi connectivity index (χ4v) is 1.40. The van der Waals surface area contributed by atoms with Crippen molar-refractivity contribution in [2.75, 3.05) is 21.0 Å². The smallest absolute Gasteiger partial charge is 0.221 e. The highest BCUT2D eigenvalue weighted by Crippen LogP contribution is 2.23. The Labute approximate surface area is 106 Å². The first kappa shape index (κ1) is 14.1. The number of ether oxygens (including phenoxy) is 3. The number of methoxy groups -OCH3 is 2. The first-order valence-corrected chi connectivity index (χ1v) is 5.40. The van der Waals surface area contributed by atoms with E-state index in [-0.39, 0.29) is 12.7 Å². The van der Waals surface area contributed by atoms with Crippen LogP contribution in [0.25, 0.3) is 5.70 Å². The first-order chi connectivity index (χ1) is 8.69. The molecule has 0 spiro atoms. The lowest BCUT2D eigenvalue weighted by Crippen LogP contribution is -2.19. The summed E-state index contributed by atoms with van der Waals surface area (Å²) < 4.78 is 15.2. The molecule has 0 atom stereocenters. The maximum Gasteiger partial charge on any atom is 0.221 e. The molecule has 5 nitrogen and oxygen atoms in total. The minimum Gasteiger partial charge on any atom is -0.496 e. The molecule has 1 N–H and O–H groups in total. The molecule has 0 bridgehead atoms. The largest absolute Gasteiger partial charge is 0.496 e. The molecule has 1 aromatic rings. The van der Waals surface area contributed by atoms with Gasteiger partial charge in [0.25, 0.3) is 0 Å². The van der Waals surface area contributed by atoms with Crippen molar-refractivity contribution >= 4 is 11.6 Å². The highest BCUT2D eigenvalue weighted by atomic mass is 16.7. The minimum atomic E-state index is -0.187. The number of carbonyl (C=O) groups excluding carboxylic acids is 1. The Morgan fingerprint density at radius 3 is 2.67 bits per heavy atom. The highest BCUT2D eigenvalue weighted by Gasteiger charge is 2.09. The van der Waals surface area contributed by atoms with Crippen LogP contribution in [0.2, 0.25) is 0 Å². The van der Waals surface area contributed by atoms with Gasteiger partial charge in [-0.3, -0.25) is 4.79 Å². The van der Waals surface area contributed by atoms with Gasteiger partial charge in [0.05, 0.1) is 12.8 Å². The van der Waals surface area contributed by atoms with Gasteiger partial charge >= 0.3 is 0 Å². The van der Waals surface area contributed by atoms with Crippen molar-refractivity contribution in [3.8, 4) is 5.75 Å². The van der Waals surface area contributed by atoms with Gasteiger partial charge in [-0.05, 0) is 12.1 Å². The van der Waals surface area contributed by atoms with Gasteiger partial charge in [-0.1, -0.05) is 12.1 Å². The van der Waals surface area contributed by atoms with Crippen LogP contribution >= 0.6 is 0 Å². The Morgan fingerprint density at radius 1 is 1.33 bits per heavy atom. The number of hydrogen-bond acceptors (Lipinski definition) is 4. The number of hydrogen-bond donors (Lipinski definition) is 1. The molecule has 5 heteroatoms. The predicted octanol–water partition coefficient (Wildman–Crippen LogP) is 1.75. The van der Waals surface area contributed by atoms with Gasteiger partial charge in [0, 0.05) is 19.6 Å². The Morgan fingerprint density at radius 2 is 2.06 bits per heavy atom. The van der Waals surface area contributed by atoms with Gasteiger partial charge in [0.1, 0.15) is 12.0 Å². The van der Waals surface area contributed by atoms with E-state index >= 15 is 0 Å². The van der Waals surface area contributed by atoms with Gasteiger partial charge < -0.3 is 19.5 Å². The number of nitrogens with one attached hydrogen (secondary N) is 1. The van der Waals surface area contributed by atoms with Gasteiger partial charge in [-0.2, -0.15) is 0 Å². The Balaban J connectivity index is 3.00. The van der Waals surface area contributed by atoms with Crippen molar-refractivity contribution in [1.29, 1.82) is 0 Å². The molecule has 0 saturated heterocycles. The Kier molecular flexibility index (Phi) is 5.73. The highest BCUT2D eigenvalue weighted by molar-refractivity contribution is 5.85. The summed E-state index contributed by atoms with van der Waals surface area (Å²) in [6.45, 7) is 1.54. The predicted molar refractivity (Wildman–Crippen MR) is 67.7 cm³/mol. The molecule has 0 unspecified atom stereocenters. The Hall–Kier alpha value is -2.01. The van der Waals surface area contributed by atoms with Crippen molar-refractivity contribution in [1.82, 2.24) is 5.32 Å². The van der Waals surface area contributed by atoms with Gasteiger partial charge in [-0.25, -0.2) is 0 Å². The standard InChI is InChI=1S/C13H17NO4/c1-10(15)14-12(8-18-9-16-2)11-6-4-5-7-13(11)17-3/h4-8H,9H2,1-3H3,(H,14,15)/b12-8+. The summed E-state index contributed by atoms with van der Waals surface area (Å²) in [4.78, 5) is 11.2. The van der Waals surface area contributed by atoms with Gasteiger partial charge in [-0.15, -0.1) is 0 Å². The first-order valence-electron chi connectivity index (χ1n) is 5.40. The lowest BCUT2D eigenvalue weighted by atomic mass is 10.1. The van der Waals surface area contributed by atoms with Crippen molar-refractivity contribution in [2.45, 2.75) is 6.92 Å². The monoisotopic (exact) mass is 251 g/mol. The fraction of sp³-hybridized carbons (Fsp3) is 0.308. The average molecular weight is 251 g/mol. The summed E-state index contributed by atoms with van der Waals surface area (Å²) in [7, 11) is 3.09. The third kappa shape index (κ3) is 4.10. The van der Waals surface area contributed by atoms with E-state index < -0.39 is 0 Å². The lowest BCUT2D eigenvalue weighted by Gasteiger charge is -2.12. The second-order valence-corrected chi connectivity index (χ2v) is 3.49. The van der Waals surface area contributed by atoms with E-state index in [0.717, 1.165) is 5.56 Å². The molecule has 1 rings (SSSR count). The summed E-state index contributed by atoms with van der Waals surface area (Å²) in [6, 6.07) is 7.34. The van der Waals surface area contributed by atoms with Crippen LogP contribution in [0.5, 0.6) is 5.75 Å². The molecular formula is C13H17NO4. The maximum absolute atomic E-state index is 11.2. The summed E-state index contributed by atoms with van der Waals surface area (Å²) in [5, 5.41) is 2.69. The number of benzene rings is 1. The molecule has 0 radical (unpaired) electrons. The minimum absolute atomic E-state index is 0.109. The molecule has 0 fully saturated rings. The zero-order valence-corrected chi connectivity index (χ0v) is 10.7. The number of para-hydroxylation sites is 1. The van der Waals surface area contributed by atoms with E-state index in [4.69, 9.17) is 14.2 Å². The molecule has 0 saturated carbocycles. The molecule has 0 aliphatic heterocycles. The second kappa shape index (κ2) is 7.34. The van der Waals surface area contributed by atoms with Gasteiger partial charge in [0.2, 0.25) is 5.91 Å². The summed E-state index contributed by atoms with van der Waals surface area (Å²) in [5.41, 5.74) is 1.27. The van der Waals surface area contributed by atoms with Crippen LogP contribution in [-0.4, -0.2) is 26.9 Å². The van der Waals surface area contributed by atoms with Crippen molar-refractivity contribution in [3.05, 3.63) is 36.1 Å². The molecular weight excluding hydrogens is 234 g/mol. The summed E-state index contributed by atoms with van der Waals surface area (Å²) >= 11 is 0. The van der Waals surface area contributed by atoms with Crippen LogP contribution in [0, 0.1) is 0 Å². The van der Waals surface area contributed by atoms with Crippen molar-refractivity contribution in [3.63, 3.8) is 0 Å². The lowest BCUT2D eigenvalue weighted by molar-refractivity contribution is -0.117. The summed E-state index contributed by atoms with van der Waals surface area (Å²) in [6.07, 6.45) is 1.43. The third-order valence-corrected chi connectivity index (χ3v) is 2.09. The van der Waals surface area contributed by atoms with Crippen LogP contribution in [0.15, 0.2) is 30.5 Å². The van der Waals surface area contributed by atoms with Crippen LogP contribution < -0.4 is 10.1 Å². The number of amides is 1. The van der Waals surface area contributed by atoms with E-state index in [1.807, 2.05) is 18.2 Å². The molecule has 0 aromatic heterocycles. The van der Waals surface area contributed by atoms with E-state index in [1.54, 1.807) is 13.2 Å². The quantitative estimate of drug-likeness (QED) is 0.475. The van der Waals surface area contributed by atoms with Crippen molar-refractivity contribution in [2.24, 2.45) is 0 Å². The third-order valence-electron chi connectivity index (χ3n) is 2.09. The number of rotatable bonds is 6. The molecule has 1 amide bonds. The zero-order chi connectivity index (χ0) is 13.4. The molecule has 18 heavy (non-hydrogen) atoms. The molecule has 0 aliphatic rings. The van der Waals surface area contributed by atoms with E-state index in [9.17, 15) is 4.79 Å². The normalized spacial score (nSPS) is 10.9. The van der Waals surface area contributed by atoms with Gasteiger partial charge in [0.15, 0.2) is 6.79 Å². The molecule has 0 aliphatic carbocycles.